The van der Waals surface area contributed by atoms with Crippen LogP contribution in [0.4, 0.5) is 0 Å². The number of ether oxygens (including phenoxy) is 1. The Hall–Kier alpha value is -1.86. The van der Waals surface area contributed by atoms with Crippen molar-refractivity contribution in [2.24, 2.45) is 5.73 Å². The molecule has 116 valence electrons. The van der Waals surface area contributed by atoms with Gasteiger partial charge in [0, 0.05) is 19.6 Å². The third-order valence-electron chi connectivity index (χ3n) is 3.40. The average Bonchev–Trinajstić information content (AvgIpc) is 2.90. The van der Waals surface area contributed by atoms with Crippen LogP contribution in [0.3, 0.4) is 0 Å². The third-order valence-corrected chi connectivity index (χ3v) is 3.40. The van der Waals surface area contributed by atoms with Crippen LogP contribution in [0.2, 0.25) is 0 Å². The number of morpholine rings is 1. The number of primary amides is 1. The molecule has 2 heterocycles. The number of carbonyl (C=O) groups excluding carboxylic acids is 2. The highest BCUT2D eigenvalue weighted by Gasteiger charge is 2.24. The maximum absolute atomic E-state index is 12.3. The van der Waals surface area contributed by atoms with Gasteiger partial charge in [0.1, 0.15) is 0 Å². The normalized spacial score (nSPS) is 19.4. The molecule has 2 rings (SSSR count). The summed E-state index contributed by atoms with van der Waals surface area (Å²) in [5.74, 6) is -0.688. The van der Waals surface area contributed by atoms with E-state index >= 15 is 0 Å². The zero-order chi connectivity index (χ0) is 15.2. The molecular formula is C14H21N3O4. The molecule has 1 aromatic heterocycles. The number of likely N-dealkylation sites (N-methyl/N-ethyl adjacent to an activating group) is 1. The van der Waals surface area contributed by atoms with E-state index in [0.717, 1.165) is 18.7 Å². The Morgan fingerprint density at radius 1 is 1.52 bits per heavy atom. The predicted octanol–water partition coefficient (Wildman–Crippen LogP) is -0.533. The van der Waals surface area contributed by atoms with Crippen molar-refractivity contribution in [3.63, 3.8) is 0 Å². The van der Waals surface area contributed by atoms with E-state index in [1.54, 1.807) is 6.07 Å². The van der Waals surface area contributed by atoms with Crippen molar-refractivity contribution in [2.45, 2.75) is 12.5 Å². The summed E-state index contributed by atoms with van der Waals surface area (Å²) in [5.41, 5.74) is 6.01. The molecule has 2 amide bonds. The van der Waals surface area contributed by atoms with Crippen LogP contribution in [-0.2, 0) is 20.7 Å². The number of nitrogens with zero attached hydrogens (tertiary/aromatic N) is 2. The molecule has 1 fully saturated rings. The lowest BCUT2D eigenvalue weighted by Gasteiger charge is -2.33. The Kier molecular flexibility index (Phi) is 5.35. The fourth-order valence-electron chi connectivity index (χ4n) is 2.35. The topological polar surface area (TPSA) is 89.0 Å². The number of hydrogen-bond donors (Lipinski definition) is 1. The highest BCUT2D eigenvalue weighted by Crippen LogP contribution is 2.08. The maximum Gasteiger partial charge on any atom is 0.237 e. The molecule has 0 aromatic carbocycles. The number of amides is 2. The summed E-state index contributed by atoms with van der Waals surface area (Å²) in [6, 6.07) is 1.73. The Bertz CT molecular complexity index is 475. The van der Waals surface area contributed by atoms with Crippen molar-refractivity contribution >= 4 is 11.8 Å². The third kappa shape index (κ3) is 4.87. The first-order valence-corrected chi connectivity index (χ1v) is 6.92. The van der Waals surface area contributed by atoms with E-state index in [-0.39, 0.29) is 25.0 Å². The highest BCUT2D eigenvalue weighted by atomic mass is 16.5. The molecule has 1 aliphatic heterocycles. The first-order chi connectivity index (χ1) is 10.0. The van der Waals surface area contributed by atoms with Crippen LogP contribution < -0.4 is 5.73 Å². The van der Waals surface area contributed by atoms with Gasteiger partial charge in [-0.1, -0.05) is 0 Å². The molecule has 1 aromatic rings. The summed E-state index contributed by atoms with van der Waals surface area (Å²) < 4.78 is 10.6. The van der Waals surface area contributed by atoms with E-state index in [0.29, 0.717) is 13.2 Å². The quantitative estimate of drug-likeness (QED) is 0.762. The highest BCUT2D eigenvalue weighted by molar-refractivity contribution is 5.85. The van der Waals surface area contributed by atoms with Crippen LogP contribution in [0.5, 0.6) is 0 Å². The number of hydrogen-bond acceptors (Lipinski definition) is 5. The largest absolute Gasteiger partial charge is 0.472 e. The molecule has 7 heteroatoms. The van der Waals surface area contributed by atoms with E-state index in [4.69, 9.17) is 14.9 Å². The van der Waals surface area contributed by atoms with Crippen molar-refractivity contribution < 1.29 is 18.7 Å². The Morgan fingerprint density at radius 2 is 2.33 bits per heavy atom. The van der Waals surface area contributed by atoms with Gasteiger partial charge in [-0.15, -0.1) is 0 Å². The molecule has 7 nitrogen and oxygen atoms in total. The van der Waals surface area contributed by atoms with Gasteiger partial charge in [0.15, 0.2) is 0 Å². The van der Waals surface area contributed by atoms with E-state index < -0.39 is 5.91 Å². The van der Waals surface area contributed by atoms with E-state index in [9.17, 15) is 9.59 Å². The van der Waals surface area contributed by atoms with Crippen molar-refractivity contribution in [1.29, 1.82) is 0 Å². The molecule has 2 N–H and O–H groups in total. The Balaban J connectivity index is 1.96. The second-order valence-electron chi connectivity index (χ2n) is 5.30. The summed E-state index contributed by atoms with van der Waals surface area (Å²) >= 11 is 0. The van der Waals surface area contributed by atoms with Crippen LogP contribution in [0.15, 0.2) is 23.0 Å². The first kappa shape index (κ1) is 15.5. The van der Waals surface area contributed by atoms with Gasteiger partial charge >= 0.3 is 0 Å². The van der Waals surface area contributed by atoms with Gasteiger partial charge in [-0.2, -0.15) is 0 Å². The second kappa shape index (κ2) is 7.24. The number of nitrogens with two attached hydrogens (primary N) is 1. The van der Waals surface area contributed by atoms with Gasteiger partial charge in [-0.3, -0.25) is 9.59 Å². The molecule has 0 saturated carbocycles. The zero-order valence-electron chi connectivity index (χ0n) is 12.2. The molecule has 1 atom stereocenters. The minimum absolute atomic E-state index is 0.0970. The molecule has 0 bridgehead atoms. The summed E-state index contributed by atoms with van der Waals surface area (Å²) in [6.07, 6.45) is 3.12. The second-order valence-corrected chi connectivity index (χ2v) is 5.30. The van der Waals surface area contributed by atoms with Crippen molar-refractivity contribution in [1.82, 2.24) is 9.80 Å². The lowest BCUT2D eigenvalue weighted by atomic mass is 10.2. The minimum Gasteiger partial charge on any atom is -0.472 e. The number of carbonyl (C=O) groups is 2. The summed E-state index contributed by atoms with van der Waals surface area (Å²) in [6.45, 7) is 2.50. The number of furan rings is 1. The molecule has 0 aliphatic carbocycles. The van der Waals surface area contributed by atoms with Crippen LogP contribution in [-0.4, -0.2) is 67.6 Å². The smallest absolute Gasteiger partial charge is 0.237 e. The van der Waals surface area contributed by atoms with Gasteiger partial charge < -0.3 is 24.7 Å². The maximum atomic E-state index is 12.3. The van der Waals surface area contributed by atoms with Crippen molar-refractivity contribution in [3.05, 3.63) is 24.2 Å². The first-order valence-electron chi connectivity index (χ1n) is 6.92. The molecule has 0 unspecified atom stereocenters. The predicted molar refractivity (Wildman–Crippen MR) is 75.4 cm³/mol. The fraction of sp³-hybridized carbons (Fsp3) is 0.571. The molecule has 0 radical (unpaired) electrons. The van der Waals surface area contributed by atoms with Gasteiger partial charge in [0.25, 0.3) is 0 Å². The summed E-state index contributed by atoms with van der Waals surface area (Å²) in [5, 5.41) is 0. The molecule has 1 aliphatic rings. The van der Waals surface area contributed by atoms with E-state index in [1.807, 2.05) is 7.05 Å². The van der Waals surface area contributed by atoms with E-state index in [2.05, 4.69) is 4.90 Å². The Morgan fingerprint density at radius 3 is 2.95 bits per heavy atom. The van der Waals surface area contributed by atoms with Gasteiger partial charge in [0.05, 0.1) is 38.2 Å². The lowest BCUT2D eigenvalue weighted by molar-refractivity contribution is -0.137. The summed E-state index contributed by atoms with van der Waals surface area (Å²) in [4.78, 5) is 27.1. The monoisotopic (exact) mass is 295 g/mol. The van der Waals surface area contributed by atoms with Crippen LogP contribution in [0.25, 0.3) is 0 Å². The summed E-state index contributed by atoms with van der Waals surface area (Å²) in [7, 11) is 2.00. The Labute approximate surface area is 123 Å². The zero-order valence-corrected chi connectivity index (χ0v) is 12.2. The van der Waals surface area contributed by atoms with Crippen molar-refractivity contribution in [3.8, 4) is 0 Å². The van der Waals surface area contributed by atoms with Crippen LogP contribution >= 0.6 is 0 Å². The van der Waals surface area contributed by atoms with Crippen molar-refractivity contribution in [2.75, 3.05) is 39.8 Å². The molecule has 21 heavy (non-hydrogen) atoms. The average molecular weight is 295 g/mol. The lowest BCUT2D eigenvalue weighted by Crippen LogP contribution is -2.49. The van der Waals surface area contributed by atoms with Gasteiger partial charge in [0.2, 0.25) is 11.8 Å². The van der Waals surface area contributed by atoms with Crippen LogP contribution in [0.1, 0.15) is 5.56 Å². The van der Waals surface area contributed by atoms with Gasteiger partial charge in [-0.05, 0) is 18.7 Å². The SMILES string of the molecule is CN1CCO[C@H](CN(CC(N)=O)C(=O)Cc2ccoc2)C1. The van der Waals surface area contributed by atoms with Crippen LogP contribution in [0, 0.1) is 0 Å². The molecule has 1 saturated heterocycles. The fourth-order valence-corrected chi connectivity index (χ4v) is 2.35. The number of rotatable bonds is 6. The molecular weight excluding hydrogens is 274 g/mol. The minimum atomic E-state index is -0.528. The molecule has 0 spiro atoms. The van der Waals surface area contributed by atoms with E-state index in [1.165, 1.54) is 17.4 Å². The standard InChI is InChI=1S/C14H21N3O4/c1-16-3-5-21-12(7-16)8-17(9-13(15)18)14(19)6-11-2-4-20-10-11/h2,4,10,12H,3,5-9H2,1H3,(H2,15,18)/t12-/m0/s1. The van der Waals surface area contributed by atoms with Gasteiger partial charge in [-0.25, -0.2) is 0 Å².